The largest absolute Gasteiger partial charge is 0.484 e. The van der Waals surface area contributed by atoms with Crippen LogP contribution in [0.2, 0.25) is 0 Å². The molecular weight excluding hydrogens is 394 g/mol. The minimum absolute atomic E-state index is 0.0134. The van der Waals surface area contributed by atoms with Crippen LogP contribution in [0.25, 0.3) is 0 Å². The first-order valence-electron chi connectivity index (χ1n) is 11.6. The van der Waals surface area contributed by atoms with Crippen molar-refractivity contribution in [1.82, 2.24) is 14.7 Å². The molecule has 0 N–H and O–H groups in total. The summed E-state index contributed by atoms with van der Waals surface area (Å²) in [6.07, 6.45) is 5.63. The van der Waals surface area contributed by atoms with Gasteiger partial charge in [0.2, 0.25) is 5.91 Å². The Morgan fingerprint density at radius 3 is 2.35 bits per heavy atom. The van der Waals surface area contributed by atoms with Crippen molar-refractivity contribution >= 4 is 17.7 Å². The van der Waals surface area contributed by atoms with E-state index in [-0.39, 0.29) is 42.5 Å². The van der Waals surface area contributed by atoms with Gasteiger partial charge in [0.1, 0.15) is 5.75 Å². The van der Waals surface area contributed by atoms with E-state index >= 15 is 0 Å². The van der Waals surface area contributed by atoms with E-state index in [2.05, 4.69) is 13.8 Å². The van der Waals surface area contributed by atoms with Crippen LogP contribution in [0.1, 0.15) is 62.7 Å². The molecule has 3 saturated heterocycles. The number of hydrogen-bond acceptors (Lipinski definition) is 4. The third-order valence-electron chi connectivity index (χ3n) is 6.95. The number of carbonyl (C=O) groups excluding carboxylic acids is 3. The molecular formula is C24H33N3O4. The summed E-state index contributed by atoms with van der Waals surface area (Å²) in [6, 6.07) is 7.65. The number of carbonyl (C=O) groups is 3. The fourth-order valence-electron chi connectivity index (χ4n) is 5.24. The van der Waals surface area contributed by atoms with Crippen molar-refractivity contribution in [1.29, 1.82) is 0 Å². The van der Waals surface area contributed by atoms with Crippen LogP contribution in [-0.2, 0) is 9.59 Å². The zero-order chi connectivity index (χ0) is 22.0. The molecule has 7 heteroatoms. The molecule has 0 aromatic heterocycles. The van der Waals surface area contributed by atoms with E-state index in [0.717, 1.165) is 38.6 Å². The standard InChI is InChI=1S/C24H33N3O4/c1-17-5-3-6-18(2)27(17)23(29)16-31-21-10-8-19(9-11-21)24(30)25-14-12-20(15-25)26-13-4-7-22(26)28/h8-11,17-18,20H,3-7,12-16H2,1-2H3/t17-,18-,20-/m1/s1. The molecule has 3 aliphatic heterocycles. The Morgan fingerprint density at radius 1 is 1.00 bits per heavy atom. The van der Waals surface area contributed by atoms with Gasteiger partial charge in [-0.05, 0) is 70.2 Å². The number of hydrogen-bond donors (Lipinski definition) is 0. The van der Waals surface area contributed by atoms with E-state index in [9.17, 15) is 14.4 Å². The fourth-order valence-corrected chi connectivity index (χ4v) is 5.24. The highest BCUT2D eigenvalue weighted by molar-refractivity contribution is 5.94. The van der Waals surface area contributed by atoms with Gasteiger partial charge in [0, 0.05) is 43.7 Å². The maximum atomic E-state index is 12.9. The molecule has 0 aliphatic carbocycles. The number of amides is 3. The molecule has 3 aliphatic rings. The maximum Gasteiger partial charge on any atom is 0.260 e. The van der Waals surface area contributed by atoms with Crippen LogP contribution in [0.4, 0.5) is 0 Å². The summed E-state index contributed by atoms with van der Waals surface area (Å²) in [7, 11) is 0. The monoisotopic (exact) mass is 427 g/mol. The van der Waals surface area contributed by atoms with Gasteiger partial charge in [0.25, 0.3) is 11.8 Å². The van der Waals surface area contributed by atoms with Crippen molar-refractivity contribution in [3.05, 3.63) is 29.8 Å². The molecule has 0 saturated carbocycles. The van der Waals surface area contributed by atoms with E-state index in [1.807, 2.05) is 14.7 Å². The van der Waals surface area contributed by atoms with Crippen molar-refractivity contribution in [3.63, 3.8) is 0 Å². The van der Waals surface area contributed by atoms with E-state index in [4.69, 9.17) is 4.74 Å². The fraction of sp³-hybridized carbons (Fsp3) is 0.625. The minimum Gasteiger partial charge on any atom is -0.484 e. The first-order chi connectivity index (χ1) is 14.9. The first-order valence-corrected chi connectivity index (χ1v) is 11.6. The summed E-state index contributed by atoms with van der Waals surface area (Å²) in [4.78, 5) is 43.2. The van der Waals surface area contributed by atoms with E-state index in [1.165, 1.54) is 0 Å². The highest BCUT2D eigenvalue weighted by Gasteiger charge is 2.35. The lowest BCUT2D eigenvalue weighted by Gasteiger charge is -2.38. The van der Waals surface area contributed by atoms with Gasteiger partial charge >= 0.3 is 0 Å². The lowest BCUT2D eigenvalue weighted by molar-refractivity contribution is -0.139. The van der Waals surface area contributed by atoms with Gasteiger partial charge in [-0.2, -0.15) is 0 Å². The molecule has 31 heavy (non-hydrogen) atoms. The quantitative estimate of drug-likeness (QED) is 0.725. The number of benzene rings is 1. The third kappa shape index (κ3) is 4.70. The SMILES string of the molecule is C[C@@H]1CCC[C@@H](C)N1C(=O)COc1ccc(C(=O)N2CC[C@@H](N3CCCC3=O)C2)cc1. The zero-order valence-corrected chi connectivity index (χ0v) is 18.6. The third-order valence-corrected chi connectivity index (χ3v) is 6.95. The highest BCUT2D eigenvalue weighted by Crippen LogP contribution is 2.24. The van der Waals surface area contributed by atoms with Gasteiger partial charge in [0.15, 0.2) is 6.61 Å². The molecule has 4 rings (SSSR count). The molecule has 168 valence electrons. The van der Waals surface area contributed by atoms with Gasteiger partial charge in [-0.25, -0.2) is 0 Å². The second kappa shape index (κ2) is 9.28. The summed E-state index contributed by atoms with van der Waals surface area (Å²) in [5, 5.41) is 0. The topological polar surface area (TPSA) is 70.2 Å². The van der Waals surface area contributed by atoms with Gasteiger partial charge in [0.05, 0.1) is 6.04 Å². The number of rotatable bonds is 5. The average molecular weight is 428 g/mol. The van der Waals surface area contributed by atoms with E-state index < -0.39 is 0 Å². The van der Waals surface area contributed by atoms with Crippen LogP contribution >= 0.6 is 0 Å². The average Bonchev–Trinajstić information content (AvgIpc) is 3.41. The predicted octanol–water partition coefficient (Wildman–Crippen LogP) is 2.69. The van der Waals surface area contributed by atoms with Crippen molar-refractivity contribution in [3.8, 4) is 5.75 Å². The minimum atomic E-state index is -0.0206. The Hall–Kier alpha value is -2.57. The molecule has 1 aromatic carbocycles. The Bertz CT molecular complexity index is 815. The predicted molar refractivity (Wildman–Crippen MR) is 117 cm³/mol. The second-order valence-corrected chi connectivity index (χ2v) is 9.13. The summed E-state index contributed by atoms with van der Waals surface area (Å²) in [5.74, 6) is 0.792. The summed E-state index contributed by atoms with van der Waals surface area (Å²) in [5.41, 5.74) is 0.602. The van der Waals surface area contributed by atoms with Crippen LogP contribution in [0.3, 0.4) is 0 Å². The Balaban J connectivity index is 1.29. The lowest BCUT2D eigenvalue weighted by Crippen LogP contribution is -2.49. The molecule has 0 spiro atoms. The van der Waals surface area contributed by atoms with Gasteiger partial charge in [-0.3, -0.25) is 14.4 Å². The van der Waals surface area contributed by atoms with Gasteiger partial charge < -0.3 is 19.4 Å². The molecule has 1 aromatic rings. The Kier molecular flexibility index (Phi) is 6.49. The van der Waals surface area contributed by atoms with Gasteiger partial charge in [-0.1, -0.05) is 0 Å². The molecule has 3 atom stereocenters. The smallest absolute Gasteiger partial charge is 0.260 e. The zero-order valence-electron chi connectivity index (χ0n) is 18.6. The summed E-state index contributed by atoms with van der Waals surface area (Å²) < 4.78 is 5.71. The number of likely N-dealkylation sites (tertiary alicyclic amines) is 3. The van der Waals surface area contributed by atoms with Gasteiger partial charge in [-0.15, -0.1) is 0 Å². The Morgan fingerprint density at radius 2 is 1.71 bits per heavy atom. The van der Waals surface area contributed by atoms with Crippen molar-refractivity contribution in [2.24, 2.45) is 0 Å². The number of piperidine rings is 1. The van der Waals surface area contributed by atoms with Crippen LogP contribution < -0.4 is 4.74 Å². The van der Waals surface area contributed by atoms with Crippen molar-refractivity contribution < 1.29 is 19.1 Å². The molecule has 3 heterocycles. The molecule has 0 unspecified atom stereocenters. The number of nitrogens with zero attached hydrogens (tertiary/aromatic N) is 3. The molecule has 0 bridgehead atoms. The Labute approximate surface area is 184 Å². The summed E-state index contributed by atoms with van der Waals surface area (Å²) in [6.45, 7) is 6.29. The van der Waals surface area contributed by atoms with E-state index in [1.54, 1.807) is 24.3 Å². The number of ether oxygens (including phenoxy) is 1. The van der Waals surface area contributed by atoms with E-state index in [0.29, 0.717) is 30.8 Å². The van der Waals surface area contributed by atoms with Crippen molar-refractivity contribution in [2.75, 3.05) is 26.2 Å². The normalized spacial score (nSPS) is 26.5. The molecule has 3 fully saturated rings. The van der Waals surface area contributed by atoms with Crippen LogP contribution in [0, 0.1) is 0 Å². The van der Waals surface area contributed by atoms with Crippen molar-refractivity contribution in [2.45, 2.75) is 70.5 Å². The van der Waals surface area contributed by atoms with Crippen LogP contribution in [0.15, 0.2) is 24.3 Å². The molecule has 7 nitrogen and oxygen atoms in total. The summed E-state index contributed by atoms with van der Waals surface area (Å²) >= 11 is 0. The first kappa shape index (κ1) is 21.7. The van der Waals surface area contributed by atoms with Crippen LogP contribution in [0.5, 0.6) is 5.75 Å². The second-order valence-electron chi connectivity index (χ2n) is 9.13. The molecule has 0 radical (unpaired) electrons. The van der Waals surface area contributed by atoms with Crippen LogP contribution in [-0.4, -0.2) is 76.8 Å². The highest BCUT2D eigenvalue weighted by atomic mass is 16.5. The maximum absolute atomic E-state index is 12.9. The lowest BCUT2D eigenvalue weighted by atomic mass is 9.97. The molecule has 3 amide bonds.